The Hall–Kier alpha value is -0.180. The van der Waals surface area contributed by atoms with Gasteiger partial charge in [-0.15, -0.1) is 0 Å². The normalized spacial score (nSPS) is 16.0. The standard InChI is InChI=1S/C12H26O6S2/c1-3-4-5-6-7-8-9-12(20(16,17)18)10-11(2)19(13,14)15/h11-12H,3-10H2,1-2H3,(H,13,14,15)(H,16,17,18). The van der Waals surface area contributed by atoms with Gasteiger partial charge in [-0.05, 0) is 19.8 Å². The summed E-state index contributed by atoms with van der Waals surface area (Å²) in [5, 5.41) is -2.33. The zero-order chi connectivity index (χ0) is 15.8. The molecule has 2 atom stereocenters. The van der Waals surface area contributed by atoms with Crippen LogP contribution in [0.5, 0.6) is 0 Å². The molecule has 0 bridgehead atoms. The molecule has 0 aliphatic heterocycles. The molecule has 0 aliphatic rings. The minimum atomic E-state index is -4.29. The molecule has 0 aromatic heterocycles. The van der Waals surface area contributed by atoms with Gasteiger partial charge in [-0.2, -0.15) is 16.8 Å². The van der Waals surface area contributed by atoms with E-state index in [2.05, 4.69) is 6.92 Å². The molecule has 0 aliphatic carbocycles. The Kier molecular flexibility index (Phi) is 8.88. The van der Waals surface area contributed by atoms with Crippen LogP contribution >= 0.6 is 0 Å². The highest BCUT2D eigenvalue weighted by atomic mass is 32.2. The maximum Gasteiger partial charge on any atom is 0.267 e. The molecule has 0 heterocycles. The smallest absolute Gasteiger partial charge is 0.267 e. The lowest BCUT2D eigenvalue weighted by Crippen LogP contribution is -2.29. The number of unbranched alkanes of at least 4 members (excludes halogenated alkanes) is 5. The van der Waals surface area contributed by atoms with E-state index in [1.807, 2.05) is 0 Å². The predicted octanol–water partition coefficient (Wildman–Crippen LogP) is 2.66. The van der Waals surface area contributed by atoms with Crippen molar-refractivity contribution in [1.29, 1.82) is 0 Å². The molecular weight excluding hydrogens is 304 g/mol. The fraction of sp³-hybridized carbons (Fsp3) is 1.00. The molecule has 0 aromatic carbocycles. The fourth-order valence-electron chi connectivity index (χ4n) is 2.03. The molecule has 2 unspecified atom stereocenters. The van der Waals surface area contributed by atoms with Crippen LogP contribution in [0, 0.1) is 0 Å². The molecule has 2 N–H and O–H groups in total. The van der Waals surface area contributed by atoms with Crippen molar-refractivity contribution in [3.05, 3.63) is 0 Å². The summed E-state index contributed by atoms with van der Waals surface area (Å²) >= 11 is 0. The molecule has 0 saturated carbocycles. The van der Waals surface area contributed by atoms with Crippen molar-refractivity contribution in [3.63, 3.8) is 0 Å². The van der Waals surface area contributed by atoms with Crippen LogP contribution in [-0.4, -0.2) is 36.4 Å². The van der Waals surface area contributed by atoms with E-state index in [4.69, 9.17) is 9.11 Å². The Balaban J connectivity index is 4.33. The van der Waals surface area contributed by atoms with Crippen molar-refractivity contribution in [2.75, 3.05) is 0 Å². The molecule has 0 aromatic rings. The summed E-state index contributed by atoms with van der Waals surface area (Å²) in [5.74, 6) is 0. The lowest BCUT2D eigenvalue weighted by Gasteiger charge is -2.16. The SMILES string of the molecule is CCCCCCCCC(CC(C)S(=O)(=O)O)S(=O)(=O)O. The van der Waals surface area contributed by atoms with Gasteiger partial charge in [-0.1, -0.05) is 45.4 Å². The van der Waals surface area contributed by atoms with Gasteiger partial charge in [0.2, 0.25) is 0 Å². The summed E-state index contributed by atoms with van der Waals surface area (Å²) < 4.78 is 62.3. The third-order valence-corrected chi connectivity index (χ3v) is 5.88. The Morgan fingerprint density at radius 2 is 1.35 bits per heavy atom. The van der Waals surface area contributed by atoms with Crippen LogP contribution in [0.2, 0.25) is 0 Å². The zero-order valence-corrected chi connectivity index (χ0v) is 13.8. The van der Waals surface area contributed by atoms with Crippen LogP contribution in [0.3, 0.4) is 0 Å². The second kappa shape index (κ2) is 8.96. The zero-order valence-electron chi connectivity index (χ0n) is 12.2. The van der Waals surface area contributed by atoms with Crippen molar-refractivity contribution in [2.24, 2.45) is 0 Å². The van der Waals surface area contributed by atoms with Crippen LogP contribution in [0.15, 0.2) is 0 Å². The number of hydrogen-bond acceptors (Lipinski definition) is 4. The second-order valence-corrected chi connectivity index (χ2v) is 8.79. The molecule has 0 amide bonds. The molecule has 8 heteroatoms. The van der Waals surface area contributed by atoms with Crippen molar-refractivity contribution >= 4 is 20.2 Å². The molecule has 0 fully saturated rings. The second-order valence-electron chi connectivity index (χ2n) is 5.25. The quantitative estimate of drug-likeness (QED) is 0.445. The van der Waals surface area contributed by atoms with Gasteiger partial charge in [-0.3, -0.25) is 9.11 Å². The third kappa shape index (κ3) is 8.89. The van der Waals surface area contributed by atoms with Crippen LogP contribution < -0.4 is 0 Å². The molecule has 122 valence electrons. The Labute approximate surface area is 122 Å². The van der Waals surface area contributed by atoms with Gasteiger partial charge in [0.15, 0.2) is 0 Å². The van der Waals surface area contributed by atoms with Gasteiger partial charge in [0.05, 0.1) is 10.5 Å². The monoisotopic (exact) mass is 330 g/mol. The maximum absolute atomic E-state index is 11.2. The van der Waals surface area contributed by atoms with E-state index >= 15 is 0 Å². The average molecular weight is 330 g/mol. The van der Waals surface area contributed by atoms with E-state index in [0.717, 1.165) is 32.1 Å². The first kappa shape index (κ1) is 19.8. The largest absolute Gasteiger partial charge is 0.285 e. The van der Waals surface area contributed by atoms with E-state index in [1.165, 1.54) is 6.92 Å². The molecule has 20 heavy (non-hydrogen) atoms. The average Bonchev–Trinajstić information content (AvgIpc) is 2.29. The number of hydrogen-bond donors (Lipinski definition) is 2. The van der Waals surface area contributed by atoms with Gasteiger partial charge in [0.1, 0.15) is 0 Å². The summed E-state index contributed by atoms with van der Waals surface area (Å²) in [5.41, 5.74) is 0. The Morgan fingerprint density at radius 3 is 1.80 bits per heavy atom. The molecule has 0 rings (SSSR count). The van der Waals surface area contributed by atoms with E-state index in [-0.39, 0.29) is 12.8 Å². The lowest BCUT2D eigenvalue weighted by molar-refractivity contribution is 0.437. The molecule has 0 radical (unpaired) electrons. The topological polar surface area (TPSA) is 109 Å². The van der Waals surface area contributed by atoms with Crippen LogP contribution in [0.25, 0.3) is 0 Å². The first-order valence-corrected chi connectivity index (χ1v) is 10.0. The minimum absolute atomic E-state index is 0.213. The van der Waals surface area contributed by atoms with E-state index in [9.17, 15) is 16.8 Å². The highest BCUT2D eigenvalue weighted by molar-refractivity contribution is 7.87. The van der Waals surface area contributed by atoms with E-state index in [1.54, 1.807) is 0 Å². The maximum atomic E-state index is 11.2. The van der Waals surface area contributed by atoms with Crippen LogP contribution in [-0.2, 0) is 20.2 Å². The Bertz CT molecular complexity index is 454. The van der Waals surface area contributed by atoms with E-state index < -0.39 is 30.7 Å². The predicted molar refractivity (Wildman–Crippen MR) is 79.0 cm³/mol. The van der Waals surface area contributed by atoms with Crippen LogP contribution in [0.1, 0.15) is 65.2 Å². The summed E-state index contributed by atoms with van der Waals surface area (Å²) in [7, 11) is -8.57. The van der Waals surface area contributed by atoms with Crippen LogP contribution in [0.4, 0.5) is 0 Å². The summed E-state index contributed by atoms with van der Waals surface area (Å²) in [6, 6.07) is 0. The number of rotatable bonds is 11. The summed E-state index contributed by atoms with van der Waals surface area (Å²) in [6.07, 6.45) is 5.76. The highest BCUT2D eigenvalue weighted by Crippen LogP contribution is 2.19. The Morgan fingerprint density at radius 1 is 0.850 bits per heavy atom. The van der Waals surface area contributed by atoms with Gasteiger partial charge in [0, 0.05) is 0 Å². The van der Waals surface area contributed by atoms with Gasteiger partial charge < -0.3 is 0 Å². The first-order chi connectivity index (χ1) is 9.09. The summed E-state index contributed by atoms with van der Waals surface area (Å²) in [6.45, 7) is 3.33. The van der Waals surface area contributed by atoms with Crippen molar-refractivity contribution in [3.8, 4) is 0 Å². The molecule has 0 saturated heterocycles. The van der Waals surface area contributed by atoms with Crippen molar-refractivity contribution in [1.82, 2.24) is 0 Å². The fourth-order valence-corrected chi connectivity index (χ4v) is 3.63. The lowest BCUT2D eigenvalue weighted by atomic mass is 10.1. The van der Waals surface area contributed by atoms with Crippen molar-refractivity contribution in [2.45, 2.75) is 75.7 Å². The first-order valence-electron chi connectivity index (χ1n) is 7.01. The highest BCUT2D eigenvalue weighted by Gasteiger charge is 2.29. The van der Waals surface area contributed by atoms with Gasteiger partial charge in [-0.25, -0.2) is 0 Å². The third-order valence-electron chi connectivity index (χ3n) is 3.40. The minimum Gasteiger partial charge on any atom is -0.285 e. The van der Waals surface area contributed by atoms with Gasteiger partial charge >= 0.3 is 0 Å². The van der Waals surface area contributed by atoms with Gasteiger partial charge in [0.25, 0.3) is 20.2 Å². The van der Waals surface area contributed by atoms with Crippen molar-refractivity contribution < 1.29 is 25.9 Å². The molecule has 6 nitrogen and oxygen atoms in total. The van der Waals surface area contributed by atoms with E-state index in [0.29, 0.717) is 6.42 Å². The summed E-state index contributed by atoms with van der Waals surface area (Å²) in [4.78, 5) is 0. The molecule has 0 spiro atoms. The molecular formula is C12H26O6S2.